The van der Waals surface area contributed by atoms with Crippen LogP contribution >= 0.6 is 0 Å². The van der Waals surface area contributed by atoms with Crippen molar-refractivity contribution in [3.05, 3.63) is 78.4 Å². The monoisotopic (exact) mass is 604 g/mol. The van der Waals surface area contributed by atoms with Gasteiger partial charge in [-0.2, -0.15) is 8.42 Å². The largest absolute Gasteiger partial charge is 0.493 e. The summed E-state index contributed by atoms with van der Waals surface area (Å²) >= 11 is 0. The molecule has 0 radical (unpaired) electrons. The van der Waals surface area contributed by atoms with Crippen LogP contribution in [0.15, 0.2) is 77.7 Å². The van der Waals surface area contributed by atoms with E-state index in [4.69, 9.17) is 23.4 Å². The van der Waals surface area contributed by atoms with Crippen LogP contribution in [-0.4, -0.2) is 52.6 Å². The van der Waals surface area contributed by atoms with Gasteiger partial charge in [-0.05, 0) is 88.6 Å². The van der Waals surface area contributed by atoms with Gasteiger partial charge in [0.05, 0.1) is 24.4 Å². The highest BCUT2D eigenvalue weighted by Crippen LogP contribution is 2.29. The first kappa shape index (κ1) is 30.8. The lowest BCUT2D eigenvalue weighted by Gasteiger charge is -2.22. The van der Waals surface area contributed by atoms with Crippen molar-refractivity contribution in [3.8, 4) is 22.8 Å². The Balaban J connectivity index is 1.13. The Bertz CT molecular complexity index is 1610. The van der Waals surface area contributed by atoms with Gasteiger partial charge in [-0.25, -0.2) is 9.17 Å². The van der Waals surface area contributed by atoms with E-state index in [2.05, 4.69) is 49.1 Å². The number of anilines is 1. The summed E-state index contributed by atoms with van der Waals surface area (Å²) in [7, 11) is -3.96. The number of rotatable bonds is 13. The summed E-state index contributed by atoms with van der Waals surface area (Å²) in [6.45, 7) is 9.35. The zero-order chi connectivity index (χ0) is 30.2. The number of ether oxygens (including phenoxy) is 3. The first-order valence-corrected chi connectivity index (χ1v) is 16.4. The van der Waals surface area contributed by atoms with E-state index in [9.17, 15) is 8.42 Å². The molecule has 1 unspecified atom stereocenters. The molecule has 228 valence electrons. The number of aromatic nitrogens is 1. The molecule has 5 rings (SSSR count). The van der Waals surface area contributed by atoms with Gasteiger partial charge < -0.3 is 19.1 Å². The van der Waals surface area contributed by atoms with Crippen molar-refractivity contribution in [2.45, 2.75) is 57.6 Å². The van der Waals surface area contributed by atoms with Crippen molar-refractivity contribution in [1.82, 2.24) is 4.98 Å². The third kappa shape index (κ3) is 7.65. The maximum absolute atomic E-state index is 12.9. The Morgan fingerprint density at radius 3 is 2.47 bits per heavy atom. The number of nitrogens with zero attached hydrogens (tertiary/aromatic N) is 2. The summed E-state index contributed by atoms with van der Waals surface area (Å²) < 4.78 is 48.4. The molecule has 3 aromatic carbocycles. The Hall–Kier alpha value is -3.66. The minimum Gasteiger partial charge on any atom is -0.493 e. The van der Waals surface area contributed by atoms with Gasteiger partial charge in [-0.15, -0.1) is 0 Å². The fraction of sp³-hybridized carbons (Fsp3) is 0.382. The summed E-state index contributed by atoms with van der Waals surface area (Å²) in [5.41, 5.74) is 4.66. The summed E-state index contributed by atoms with van der Waals surface area (Å²) in [5, 5.41) is 1.01. The molecule has 0 spiro atoms. The molecule has 1 aromatic heterocycles. The number of pyridine rings is 1. The van der Waals surface area contributed by atoms with E-state index in [0.717, 1.165) is 53.8 Å². The van der Waals surface area contributed by atoms with Crippen LogP contribution in [0.2, 0.25) is 0 Å². The number of fused-ring (bicyclic) bond motifs is 1. The second-order valence-electron chi connectivity index (χ2n) is 10.5. The fourth-order valence-electron chi connectivity index (χ4n) is 5.22. The molecule has 43 heavy (non-hydrogen) atoms. The van der Waals surface area contributed by atoms with E-state index in [0.29, 0.717) is 44.0 Å². The standard InChI is InChI=1S/C34H40N2O6S/c1-4-36(5-2)28-16-13-26(14-17-28)30-19-15-27-24-29(18-20-31(27)35-30)39-22-9-23-40-32-10-8-11-33(25(32)3)43(37,38)42-34-12-6-7-21-41-34/h8,10-11,13-20,24,34H,4-7,9,12,21-23H2,1-3H3. The van der Waals surface area contributed by atoms with Crippen LogP contribution in [0.3, 0.4) is 0 Å². The molecule has 1 atom stereocenters. The van der Waals surface area contributed by atoms with Gasteiger partial charge in [-0.1, -0.05) is 24.3 Å². The van der Waals surface area contributed by atoms with Crippen molar-refractivity contribution in [2.24, 2.45) is 0 Å². The zero-order valence-corrected chi connectivity index (χ0v) is 25.9. The third-order valence-corrected chi connectivity index (χ3v) is 9.09. The molecule has 4 aromatic rings. The molecular weight excluding hydrogens is 564 g/mol. The minimum atomic E-state index is -3.96. The molecule has 1 saturated heterocycles. The van der Waals surface area contributed by atoms with Crippen molar-refractivity contribution in [3.63, 3.8) is 0 Å². The van der Waals surface area contributed by atoms with Gasteiger partial charge in [0.15, 0.2) is 6.29 Å². The van der Waals surface area contributed by atoms with E-state index in [1.54, 1.807) is 19.1 Å². The number of hydrogen-bond donors (Lipinski definition) is 0. The van der Waals surface area contributed by atoms with Crippen LogP contribution < -0.4 is 14.4 Å². The number of hydrogen-bond acceptors (Lipinski definition) is 8. The lowest BCUT2D eigenvalue weighted by molar-refractivity contribution is -0.102. The maximum atomic E-state index is 12.9. The molecule has 1 aliphatic rings. The molecule has 1 aliphatic heterocycles. The van der Waals surface area contributed by atoms with Gasteiger partial charge in [0.25, 0.3) is 10.1 Å². The molecule has 8 nitrogen and oxygen atoms in total. The van der Waals surface area contributed by atoms with Crippen molar-refractivity contribution in [2.75, 3.05) is 37.8 Å². The average molecular weight is 605 g/mol. The van der Waals surface area contributed by atoms with Gasteiger partial charge in [0, 0.05) is 48.3 Å². The summed E-state index contributed by atoms with van der Waals surface area (Å²) in [5.74, 6) is 1.27. The molecule has 0 amide bonds. The van der Waals surface area contributed by atoms with E-state index in [1.807, 2.05) is 24.3 Å². The summed E-state index contributed by atoms with van der Waals surface area (Å²) in [6, 6.07) is 23.5. The van der Waals surface area contributed by atoms with Crippen LogP contribution in [0.25, 0.3) is 22.2 Å². The Kier molecular flexibility index (Phi) is 10.2. The highest BCUT2D eigenvalue weighted by Gasteiger charge is 2.26. The van der Waals surface area contributed by atoms with Crippen molar-refractivity contribution in [1.29, 1.82) is 0 Å². The molecule has 0 saturated carbocycles. The van der Waals surface area contributed by atoms with Crippen LogP contribution in [0.1, 0.15) is 45.1 Å². The summed E-state index contributed by atoms with van der Waals surface area (Å²) in [4.78, 5) is 7.28. The van der Waals surface area contributed by atoms with E-state index < -0.39 is 16.4 Å². The van der Waals surface area contributed by atoms with Crippen LogP contribution in [-0.2, 0) is 19.0 Å². The van der Waals surface area contributed by atoms with E-state index >= 15 is 0 Å². The van der Waals surface area contributed by atoms with Gasteiger partial charge >= 0.3 is 0 Å². The highest BCUT2D eigenvalue weighted by molar-refractivity contribution is 7.86. The summed E-state index contributed by atoms with van der Waals surface area (Å²) in [6.07, 6.45) is 2.26. The smallest absolute Gasteiger partial charge is 0.299 e. The Labute approximate surface area is 254 Å². The van der Waals surface area contributed by atoms with Gasteiger partial charge in [-0.3, -0.25) is 0 Å². The van der Waals surface area contributed by atoms with Crippen molar-refractivity contribution < 1.29 is 26.8 Å². The molecular formula is C34H40N2O6S. The molecule has 0 N–H and O–H groups in total. The Morgan fingerprint density at radius 2 is 1.72 bits per heavy atom. The van der Waals surface area contributed by atoms with Crippen molar-refractivity contribution >= 4 is 26.7 Å². The predicted octanol–water partition coefficient (Wildman–Crippen LogP) is 7.14. The highest BCUT2D eigenvalue weighted by atomic mass is 32.2. The lowest BCUT2D eigenvalue weighted by atomic mass is 10.1. The maximum Gasteiger partial charge on any atom is 0.299 e. The minimum absolute atomic E-state index is 0.0972. The molecule has 0 bridgehead atoms. The second-order valence-corrected chi connectivity index (χ2v) is 12.1. The third-order valence-electron chi connectivity index (χ3n) is 7.64. The number of benzene rings is 3. The molecule has 0 aliphatic carbocycles. The van der Waals surface area contributed by atoms with Gasteiger partial charge in [0.1, 0.15) is 16.4 Å². The second kappa shape index (κ2) is 14.2. The molecule has 2 heterocycles. The predicted molar refractivity (Wildman–Crippen MR) is 169 cm³/mol. The SMILES string of the molecule is CCN(CC)c1ccc(-c2ccc3cc(OCCCOc4cccc(S(=O)(=O)OC5CCCCO5)c4C)ccc3n2)cc1. The lowest BCUT2D eigenvalue weighted by Crippen LogP contribution is -2.25. The van der Waals surface area contributed by atoms with E-state index in [-0.39, 0.29) is 4.90 Å². The first-order valence-electron chi connectivity index (χ1n) is 15.0. The van der Waals surface area contributed by atoms with Gasteiger partial charge in [0.2, 0.25) is 0 Å². The Morgan fingerprint density at radius 1 is 0.930 bits per heavy atom. The van der Waals surface area contributed by atoms with Crippen LogP contribution in [0.4, 0.5) is 5.69 Å². The van der Waals surface area contributed by atoms with Crippen LogP contribution in [0, 0.1) is 6.92 Å². The first-order chi connectivity index (χ1) is 20.9. The van der Waals surface area contributed by atoms with Crippen LogP contribution in [0.5, 0.6) is 11.5 Å². The normalized spacial score (nSPS) is 15.4. The molecule has 9 heteroatoms. The quantitative estimate of drug-likeness (QED) is 0.118. The topological polar surface area (TPSA) is 87.2 Å². The molecule has 1 fully saturated rings. The average Bonchev–Trinajstić information content (AvgIpc) is 3.02. The zero-order valence-electron chi connectivity index (χ0n) is 25.1. The fourth-order valence-corrected chi connectivity index (χ4v) is 6.48. The van der Waals surface area contributed by atoms with E-state index in [1.165, 1.54) is 11.8 Å².